The quantitative estimate of drug-likeness (QED) is 0.635. The number of aromatic nitrogens is 2. The second-order valence-corrected chi connectivity index (χ2v) is 3.17. The van der Waals surface area contributed by atoms with Gasteiger partial charge in [0.15, 0.2) is 0 Å². The van der Waals surface area contributed by atoms with Crippen LogP contribution in [-0.4, -0.2) is 28.5 Å². The number of nitrogens with two attached hydrogens (primary N) is 2. The van der Waals surface area contributed by atoms with E-state index in [1.165, 1.54) is 0 Å². The highest BCUT2D eigenvalue weighted by atomic mass is 16.1. The lowest BCUT2D eigenvalue weighted by Crippen LogP contribution is -2.55. The zero-order valence-electron chi connectivity index (χ0n) is 7.55. The zero-order valence-corrected chi connectivity index (χ0v) is 7.55. The summed E-state index contributed by atoms with van der Waals surface area (Å²) < 4.78 is 0. The Morgan fingerprint density at radius 2 is 2.43 bits per heavy atom. The first-order valence-electron chi connectivity index (χ1n) is 4.33. The Kier molecular flexibility index (Phi) is 1.95. The molecular formula is C8H11N5O. The lowest BCUT2D eigenvalue weighted by atomic mass is 10.0. The average molecular weight is 193 g/mol. The Hall–Kier alpha value is -1.85. The number of carbonyl (C=O) groups is 1. The number of nitrogen functional groups attached to an aromatic ring is 1. The van der Waals surface area contributed by atoms with Crippen molar-refractivity contribution in [2.24, 2.45) is 5.73 Å². The molecule has 1 amide bonds. The van der Waals surface area contributed by atoms with Crippen LogP contribution in [0, 0.1) is 0 Å². The molecule has 6 nitrogen and oxygen atoms in total. The summed E-state index contributed by atoms with van der Waals surface area (Å²) in [4.78, 5) is 20.6. The van der Waals surface area contributed by atoms with E-state index in [1.807, 2.05) is 4.90 Å². The van der Waals surface area contributed by atoms with E-state index in [9.17, 15) is 4.79 Å². The van der Waals surface area contributed by atoms with Crippen molar-refractivity contribution in [1.29, 1.82) is 0 Å². The maximum Gasteiger partial charge on any atom is 0.240 e. The molecule has 1 saturated heterocycles. The van der Waals surface area contributed by atoms with Crippen LogP contribution in [0.25, 0.3) is 0 Å². The Labute approximate surface area is 80.9 Å². The standard InChI is InChI=1S/C8H11N5O/c9-7(14)5-2-4-13(5)6-1-3-11-8(10)12-6/h1,3,5H,2,4H2,(H2,9,14)(H2,10,11,12). The first-order chi connectivity index (χ1) is 6.68. The van der Waals surface area contributed by atoms with E-state index in [0.717, 1.165) is 13.0 Å². The van der Waals surface area contributed by atoms with Crippen LogP contribution in [0.2, 0.25) is 0 Å². The van der Waals surface area contributed by atoms with E-state index in [0.29, 0.717) is 5.82 Å². The van der Waals surface area contributed by atoms with Crippen LogP contribution in [0.15, 0.2) is 12.3 Å². The summed E-state index contributed by atoms with van der Waals surface area (Å²) >= 11 is 0. The van der Waals surface area contributed by atoms with E-state index in [4.69, 9.17) is 11.5 Å². The molecule has 1 aliphatic heterocycles. The number of rotatable bonds is 2. The van der Waals surface area contributed by atoms with Crippen molar-refractivity contribution in [3.63, 3.8) is 0 Å². The molecule has 0 radical (unpaired) electrons. The van der Waals surface area contributed by atoms with Gasteiger partial charge in [0.25, 0.3) is 0 Å². The molecule has 4 N–H and O–H groups in total. The molecule has 0 spiro atoms. The van der Waals surface area contributed by atoms with Gasteiger partial charge in [-0.2, -0.15) is 4.98 Å². The number of hydrogen-bond acceptors (Lipinski definition) is 5. The highest BCUT2D eigenvalue weighted by Crippen LogP contribution is 2.24. The largest absolute Gasteiger partial charge is 0.368 e. The Morgan fingerprint density at radius 1 is 1.64 bits per heavy atom. The lowest BCUT2D eigenvalue weighted by Gasteiger charge is -2.39. The van der Waals surface area contributed by atoms with Crippen molar-refractivity contribution in [2.75, 3.05) is 17.2 Å². The summed E-state index contributed by atoms with van der Waals surface area (Å²) in [6, 6.07) is 1.47. The maximum absolute atomic E-state index is 11.0. The van der Waals surface area contributed by atoms with Gasteiger partial charge in [0.05, 0.1) is 0 Å². The lowest BCUT2D eigenvalue weighted by molar-refractivity contribution is -0.120. The van der Waals surface area contributed by atoms with Crippen molar-refractivity contribution in [3.05, 3.63) is 12.3 Å². The van der Waals surface area contributed by atoms with Crippen LogP contribution in [-0.2, 0) is 4.79 Å². The number of nitrogens with zero attached hydrogens (tertiary/aromatic N) is 3. The summed E-state index contributed by atoms with van der Waals surface area (Å²) in [7, 11) is 0. The van der Waals surface area contributed by atoms with Gasteiger partial charge in [0.1, 0.15) is 11.9 Å². The fourth-order valence-electron chi connectivity index (χ4n) is 1.48. The van der Waals surface area contributed by atoms with Crippen molar-refractivity contribution in [3.8, 4) is 0 Å². The van der Waals surface area contributed by atoms with Gasteiger partial charge in [-0.3, -0.25) is 4.79 Å². The van der Waals surface area contributed by atoms with E-state index < -0.39 is 0 Å². The molecule has 1 atom stereocenters. The smallest absolute Gasteiger partial charge is 0.240 e. The van der Waals surface area contributed by atoms with Crippen LogP contribution >= 0.6 is 0 Å². The van der Waals surface area contributed by atoms with Gasteiger partial charge >= 0.3 is 0 Å². The molecule has 2 heterocycles. The minimum atomic E-state index is -0.326. The molecule has 6 heteroatoms. The third-order valence-corrected chi connectivity index (χ3v) is 2.30. The molecule has 1 aromatic rings. The molecule has 0 bridgehead atoms. The highest BCUT2D eigenvalue weighted by molar-refractivity contribution is 5.85. The van der Waals surface area contributed by atoms with E-state index in [1.54, 1.807) is 12.3 Å². The summed E-state index contributed by atoms with van der Waals surface area (Å²) in [5.74, 6) is 0.540. The van der Waals surface area contributed by atoms with E-state index >= 15 is 0 Å². The first-order valence-corrected chi connectivity index (χ1v) is 4.33. The van der Waals surface area contributed by atoms with Gasteiger partial charge in [0.2, 0.25) is 11.9 Å². The fourth-order valence-corrected chi connectivity index (χ4v) is 1.48. The van der Waals surface area contributed by atoms with Gasteiger partial charge in [-0.25, -0.2) is 4.98 Å². The van der Waals surface area contributed by atoms with Crippen molar-refractivity contribution < 1.29 is 4.79 Å². The molecule has 0 aliphatic carbocycles. The van der Waals surface area contributed by atoms with Crippen molar-refractivity contribution in [2.45, 2.75) is 12.5 Å². The van der Waals surface area contributed by atoms with Gasteiger partial charge in [0, 0.05) is 12.7 Å². The molecule has 0 saturated carbocycles. The zero-order chi connectivity index (χ0) is 10.1. The minimum Gasteiger partial charge on any atom is -0.368 e. The van der Waals surface area contributed by atoms with Crippen LogP contribution < -0.4 is 16.4 Å². The fraction of sp³-hybridized carbons (Fsp3) is 0.375. The number of primary amides is 1. The third-order valence-electron chi connectivity index (χ3n) is 2.30. The number of anilines is 2. The Balaban J connectivity index is 2.20. The van der Waals surface area contributed by atoms with Crippen molar-refractivity contribution >= 4 is 17.7 Å². The molecule has 14 heavy (non-hydrogen) atoms. The SMILES string of the molecule is NC(=O)C1CCN1c1ccnc(N)n1. The summed E-state index contributed by atoms with van der Waals surface area (Å²) in [6.07, 6.45) is 2.34. The molecule has 0 aromatic carbocycles. The second kappa shape index (κ2) is 3.13. The predicted octanol–water partition coefficient (Wildman–Crippen LogP) is -0.877. The number of hydrogen-bond donors (Lipinski definition) is 2. The summed E-state index contributed by atoms with van der Waals surface area (Å²) in [6.45, 7) is 0.782. The number of amides is 1. The Bertz CT molecular complexity index is 367. The Morgan fingerprint density at radius 3 is 2.93 bits per heavy atom. The number of carbonyl (C=O) groups excluding carboxylic acids is 1. The monoisotopic (exact) mass is 193 g/mol. The molecule has 1 fully saturated rings. The average Bonchev–Trinajstić information content (AvgIpc) is 2.00. The third kappa shape index (κ3) is 1.34. The minimum absolute atomic E-state index is 0.206. The van der Waals surface area contributed by atoms with Crippen LogP contribution in [0.1, 0.15) is 6.42 Å². The summed E-state index contributed by atoms with van der Waals surface area (Å²) in [5.41, 5.74) is 10.6. The van der Waals surface area contributed by atoms with Crippen LogP contribution in [0.4, 0.5) is 11.8 Å². The molecule has 1 unspecified atom stereocenters. The van der Waals surface area contributed by atoms with Crippen LogP contribution in [0.3, 0.4) is 0 Å². The topological polar surface area (TPSA) is 98.1 Å². The second-order valence-electron chi connectivity index (χ2n) is 3.17. The highest BCUT2D eigenvalue weighted by Gasteiger charge is 2.33. The first kappa shape index (κ1) is 8.74. The molecule has 74 valence electrons. The summed E-state index contributed by atoms with van der Waals surface area (Å²) in [5, 5.41) is 0. The predicted molar refractivity (Wildman–Crippen MR) is 51.4 cm³/mol. The van der Waals surface area contributed by atoms with Crippen molar-refractivity contribution in [1.82, 2.24) is 9.97 Å². The van der Waals surface area contributed by atoms with Gasteiger partial charge in [-0.15, -0.1) is 0 Å². The van der Waals surface area contributed by atoms with Gasteiger partial charge in [-0.1, -0.05) is 0 Å². The van der Waals surface area contributed by atoms with E-state index in [-0.39, 0.29) is 17.9 Å². The van der Waals surface area contributed by atoms with Crippen LogP contribution in [0.5, 0.6) is 0 Å². The molecule has 1 aromatic heterocycles. The molecular weight excluding hydrogens is 182 g/mol. The van der Waals surface area contributed by atoms with E-state index in [2.05, 4.69) is 9.97 Å². The van der Waals surface area contributed by atoms with Gasteiger partial charge in [-0.05, 0) is 12.5 Å². The van der Waals surface area contributed by atoms with Gasteiger partial charge < -0.3 is 16.4 Å². The molecule has 2 rings (SSSR count). The molecule has 1 aliphatic rings. The maximum atomic E-state index is 11.0. The normalized spacial score (nSPS) is 20.3.